The third kappa shape index (κ3) is 5.50. The molecule has 3 aromatic rings. The molecule has 0 fully saturated rings. The molecular weight excluding hydrogens is 470 g/mol. The van der Waals surface area contributed by atoms with E-state index in [4.69, 9.17) is 16.3 Å². The predicted molar refractivity (Wildman–Crippen MR) is 126 cm³/mol. The van der Waals surface area contributed by atoms with Crippen molar-refractivity contribution in [3.8, 4) is 5.75 Å². The lowest BCUT2D eigenvalue weighted by Gasteiger charge is -2.41. The highest BCUT2D eigenvalue weighted by atomic mass is 35.5. The smallest absolute Gasteiger partial charge is 0.401 e. The van der Waals surface area contributed by atoms with Gasteiger partial charge >= 0.3 is 6.18 Å². The van der Waals surface area contributed by atoms with E-state index in [0.717, 1.165) is 22.2 Å². The Morgan fingerprint density at radius 3 is 2.74 bits per heavy atom. The van der Waals surface area contributed by atoms with Crippen molar-refractivity contribution in [3.05, 3.63) is 64.3 Å². The number of ether oxygens (including phenoxy) is 1. The summed E-state index contributed by atoms with van der Waals surface area (Å²) >= 11 is 6.57. The molecule has 2 atom stereocenters. The maximum atomic E-state index is 13.6. The van der Waals surface area contributed by atoms with E-state index in [1.165, 1.54) is 4.90 Å². The van der Waals surface area contributed by atoms with Crippen LogP contribution in [0.4, 0.5) is 17.6 Å². The Bertz CT molecular complexity index is 1120. The number of aromatic amines is 1. The van der Waals surface area contributed by atoms with Gasteiger partial charge in [-0.05, 0) is 61.7 Å². The zero-order valence-electron chi connectivity index (χ0n) is 18.9. The average molecular weight is 498 g/mol. The zero-order valence-corrected chi connectivity index (χ0v) is 19.6. The number of aromatic nitrogens is 1. The molecule has 1 aromatic heterocycles. The van der Waals surface area contributed by atoms with Crippen molar-refractivity contribution in [1.82, 2.24) is 15.2 Å². The van der Waals surface area contributed by atoms with Gasteiger partial charge in [-0.2, -0.15) is 13.2 Å². The quantitative estimate of drug-likeness (QED) is 0.279. The van der Waals surface area contributed by atoms with E-state index in [1.807, 2.05) is 31.2 Å². The Morgan fingerprint density at radius 2 is 1.97 bits per heavy atom. The van der Waals surface area contributed by atoms with E-state index in [-0.39, 0.29) is 12.7 Å². The Kier molecular flexibility index (Phi) is 7.70. The fraction of sp³-hybridized carbons (Fsp3) is 0.440. The van der Waals surface area contributed by atoms with Crippen molar-refractivity contribution in [2.45, 2.75) is 38.0 Å². The topological polar surface area (TPSA) is 40.3 Å². The molecule has 4 rings (SSSR count). The highest BCUT2D eigenvalue weighted by molar-refractivity contribution is 6.31. The number of hydrogen-bond acceptors (Lipinski definition) is 3. The minimum atomic E-state index is -4.36. The minimum Gasteiger partial charge on any atom is -0.492 e. The predicted octanol–water partition coefficient (Wildman–Crippen LogP) is 6.05. The zero-order chi connectivity index (χ0) is 24.3. The number of H-pyrrole nitrogens is 1. The molecule has 2 N–H and O–H groups in total. The average Bonchev–Trinajstić information content (AvgIpc) is 3.15. The van der Waals surface area contributed by atoms with Crippen LogP contribution in [0.15, 0.2) is 42.5 Å². The number of nitrogens with one attached hydrogen (secondary N) is 2. The molecule has 1 aliphatic rings. The summed E-state index contributed by atoms with van der Waals surface area (Å²) in [5, 5.41) is 4.48. The van der Waals surface area contributed by atoms with Crippen molar-refractivity contribution in [2.24, 2.45) is 0 Å². The first kappa shape index (κ1) is 24.8. The molecule has 1 aliphatic heterocycles. The van der Waals surface area contributed by atoms with Gasteiger partial charge in [0, 0.05) is 34.2 Å². The fourth-order valence-corrected chi connectivity index (χ4v) is 4.90. The summed E-state index contributed by atoms with van der Waals surface area (Å²) in [5.74, 6) is 0.523. The Labute approximate surface area is 201 Å². The highest BCUT2D eigenvalue weighted by Gasteiger charge is 2.42. The lowest BCUT2D eigenvalue weighted by atomic mass is 9.88. The number of fused-ring (bicyclic) bond motifs is 3. The van der Waals surface area contributed by atoms with Crippen LogP contribution in [-0.4, -0.2) is 55.0 Å². The van der Waals surface area contributed by atoms with Crippen LogP contribution in [0.1, 0.15) is 36.2 Å². The molecule has 4 nitrogen and oxygen atoms in total. The Hall–Kier alpha value is -2.29. The molecule has 2 aromatic carbocycles. The molecule has 184 valence electrons. The van der Waals surface area contributed by atoms with E-state index in [1.54, 1.807) is 18.2 Å². The third-order valence-electron chi connectivity index (χ3n) is 6.18. The van der Waals surface area contributed by atoms with Crippen LogP contribution in [0.2, 0.25) is 5.02 Å². The minimum absolute atomic E-state index is 0.346. The first-order valence-corrected chi connectivity index (χ1v) is 11.8. The molecule has 0 amide bonds. The van der Waals surface area contributed by atoms with Gasteiger partial charge in [0.1, 0.15) is 12.4 Å². The Balaban J connectivity index is 1.69. The molecule has 0 spiro atoms. The summed E-state index contributed by atoms with van der Waals surface area (Å²) in [7, 11) is 0. The van der Waals surface area contributed by atoms with Crippen molar-refractivity contribution >= 4 is 22.5 Å². The van der Waals surface area contributed by atoms with Gasteiger partial charge in [0.2, 0.25) is 0 Å². The molecule has 0 saturated carbocycles. The molecule has 0 radical (unpaired) electrons. The van der Waals surface area contributed by atoms with E-state index in [2.05, 4.69) is 10.3 Å². The Morgan fingerprint density at radius 1 is 1.18 bits per heavy atom. The maximum Gasteiger partial charge on any atom is 0.401 e. The van der Waals surface area contributed by atoms with E-state index in [0.29, 0.717) is 48.9 Å². The maximum absolute atomic E-state index is 13.6. The summed E-state index contributed by atoms with van der Waals surface area (Å²) in [6.07, 6.45) is -3.42. The number of alkyl halides is 4. The second-order valence-electron chi connectivity index (χ2n) is 8.63. The van der Waals surface area contributed by atoms with E-state index in [9.17, 15) is 17.6 Å². The van der Waals surface area contributed by atoms with Crippen LogP contribution < -0.4 is 10.1 Å². The van der Waals surface area contributed by atoms with Gasteiger partial charge in [0.25, 0.3) is 0 Å². The summed E-state index contributed by atoms with van der Waals surface area (Å²) < 4.78 is 58.9. The summed E-state index contributed by atoms with van der Waals surface area (Å²) in [4.78, 5) is 4.83. The van der Waals surface area contributed by atoms with Crippen molar-refractivity contribution < 1.29 is 22.3 Å². The van der Waals surface area contributed by atoms with Gasteiger partial charge in [-0.25, -0.2) is 0 Å². The monoisotopic (exact) mass is 497 g/mol. The fourth-order valence-electron chi connectivity index (χ4n) is 4.67. The van der Waals surface area contributed by atoms with Gasteiger partial charge in [-0.15, -0.1) is 0 Å². The van der Waals surface area contributed by atoms with E-state index < -0.39 is 18.8 Å². The first-order valence-electron chi connectivity index (χ1n) is 11.4. The third-order valence-corrected chi connectivity index (χ3v) is 6.52. The normalized spacial score (nSPS) is 18.9. The number of benzene rings is 2. The molecule has 34 heavy (non-hydrogen) atoms. The molecule has 0 saturated heterocycles. The summed E-state index contributed by atoms with van der Waals surface area (Å²) in [6.45, 7) is 1.83. The van der Waals surface area contributed by atoms with Gasteiger partial charge in [-0.1, -0.05) is 29.8 Å². The largest absolute Gasteiger partial charge is 0.492 e. The summed E-state index contributed by atoms with van der Waals surface area (Å²) in [6, 6.07) is 11.8. The van der Waals surface area contributed by atoms with E-state index >= 15 is 0 Å². The number of para-hydroxylation sites is 1. The van der Waals surface area contributed by atoms with Crippen LogP contribution in [-0.2, 0) is 6.42 Å². The highest BCUT2D eigenvalue weighted by Crippen LogP contribution is 2.44. The van der Waals surface area contributed by atoms with Crippen molar-refractivity contribution in [1.29, 1.82) is 0 Å². The number of halogens is 5. The van der Waals surface area contributed by atoms with Gasteiger partial charge < -0.3 is 15.0 Å². The molecular formula is C25H28ClF4N3O. The molecule has 0 unspecified atom stereocenters. The first-order chi connectivity index (χ1) is 16.3. The van der Waals surface area contributed by atoms with Gasteiger partial charge in [-0.3, -0.25) is 9.29 Å². The van der Waals surface area contributed by atoms with Crippen LogP contribution in [0.5, 0.6) is 5.75 Å². The number of nitrogens with zero attached hydrogens (tertiary/aromatic N) is 1. The second-order valence-corrected chi connectivity index (χ2v) is 9.04. The second kappa shape index (κ2) is 10.5. The number of rotatable bonds is 9. The molecule has 9 heteroatoms. The lowest BCUT2D eigenvalue weighted by molar-refractivity contribution is -0.155. The molecule has 0 aliphatic carbocycles. The number of hydrogen-bond donors (Lipinski definition) is 2. The SMILES string of the molecule is C[C@@H]1Cc2c([nH]c3ccccc23)[C@@H](c2cc(OCCNCCCF)ccc2Cl)N1CC(F)(F)F. The molecule has 2 heterocycles. The van der Waals surface area contributed by atoms with Crippen LogP contribution >= 0.6 is 11.6 Å². The van der Waals surface area contributed by atoms with Gasteiger partial charge in [0.15, 0.2) is 0 Å². The lowest BCUT2D eigenvalue weighted by Crippen LogP contribution is -2.47. The van der Waals surface area contributed by atoms with Crippen LogP contribution in [0.25, 0.3) is 10.9 Å². The molecule has 0 bridgehead atoms. The summed E-state index contributed by atoms with van der Waals surface area (Å²) in [5.41, 5.74) is 3.20. The van der Waals surface area contributed by atoms with Crippen molar-refractivity contribution in [2.75, 3.05) is 32.9 Å². The van der Waals surface area contributed by atoms with Crippen LogP contribution in [0.3, 0.4) is 0 Å². The van der Waals surface area contributed by atoms with Crippen molar-refractivity contribution in [3.63, 3.8) is 0 Å². The van der Waals surface area contributed by atoms with Crippen LogP contribution in [0, 0.1) is 0 Å². The standard InChI is InChI=1S/C25H28ClF4N3O/c1-16-13-19-18-5-2-3-6-22(18)32-23(19)24(33(16)15-25(28,29)30)20-14-17(7-8-21(20)26)34-12-11-31-10-4-9-27/h2-3,5-8,14,16,24,31-32H,4,9-13,15H2,1H3/t16-,24-/m1/s1. The van der Waals surface area contributed by atoms with Gasteiger partial charge in [0.05, 0.1) is 19.3 Å².